The normalized spacial score (nSPS) is 10.4. The minimum absolute atomic E-state index is 0.0498. The highest BCUT2D eigenvalue weighted by Gasteiger charge is 2.00. The van der Waals surface area contributed by atoms with Gasteiger partial charge in [-0.05, 0) is 23.6 Å². The molecule has 0 radical (unpaired) electrons. The van der Waals surface area contributed by atoms with Crippen LogP contribution in [0.3, 0.4) is 0 Å². The zero-order chi connectivity index (χ0) is 12.6. The highest BCUT2D eigenvalue weighted by atomic mass is 32.1. The predicted octanol–water partition coefficient (Wildman–Crippen LogP) is 2.28. The molecule has 1 aromatic carbocycles. The predicted molar refractivity (Wildman–Crippen MR) is 72.0 cm³/mol. The average molecular weight is 260 g/mol. The number of carbonyl (C=O) groups is 1. The number of hydrogen-bond donors (Lipinski definition) is 1. The molecule has 0 bridgehead atoms. The van der Waals surface area contributed by atoms with E-state index in [4.69, 9.17) is 4.74 Å². The number of amides is 1. The summed E-state index contributed by atoms with van der Waals surface area (Å²) in [5, 5.41) is 5.78. The number of hydrazone groups is 1. The van der Waals surface area contributed by atoms with Crippen molar-refractivity contribution in [2.45, 2.75) is 0 Å². The summed E-state index contributed by atoms with van der Waals surface area (Å²) in [4.78, 5) is 12.4. The van der Waals surface area contributed by atoms with Crippen molar-refractivity contribution in [2.24, 2.45) is 5.10 Å². The summed E-state index contributed by atoms with van der Waals surface area (Å²) in [6, 6.07) is 13.0. The van der Waals surface area contributed by atoms with Crippen molar-refractivity contribution in [3.63, 3.8) is 0 Å². The minimum Gasteiger partial charge on any atom is -0.484 e. The van der Waals surface area contributed by atoms with E-state index in [2.05, 4.69) is 10.5 Å². The largest absolute Gasteiger partial charge is 0.484 e. The first-order chi connectivity index (χ1) is 8.84. The second-order valence-electron chi connectivity index (χ2n) is 3.41. The van der Waals surface area contributed by atoms with E-state index in [0.29, 0.717) is 5.75 Å². The number of nitrogens with one attached hydrogen (secondary N) is 1. The van der Waals surface area contributed by atoms with E-state index in [1.54, 1.807) is 29.7 Å². The topological polar surface area (TPSA) is 50.7 Å². The molecule has 0 aliphatic rings. The van der Waals surface area contributed by atoms with Crippen LogP contribution in [0, 0.1) is 0 Å². The Morgan fingerprint density at radius 1 is 1.28 bits per heavy atom. The van der Waals surface area contributed by atoms with E-state index in [1.807, 2.05) is 35.7 Å². The minimum atomic E-state index is -0.286. The molecule has 2 rings (SSSR count). The van der Waals surface area contributed by atoms with Crippen molar-refractivity contribution >= 4 is 23.5 Å². The van der Waals surface area contributed by atoms with Crippen LogP contribution in [0.25, 0.3) is 0 Å². The van der Waals surface area contributed by atoms with Gasteiger partial charge in [0.2, 0.25) is 0 Å². The van der Waals surface area contributed by atoms with Gasteiger partial charge in [0.1, 0.15) is 5.75 Å². The van der Waals surface area contributed by atoms with E-state index in [0.717, 1.165) is 4.88 Å². The fraction of sp³-hybridized carbons (Fsp3) is 0.0769. The molecule has 92 valence electrons. The maximum Gasteiger partial charge on any atom is 0.277 e. The molecule has 1 amide bonds. The summed E-state index contributed by atoms with van der Waals surface area (Å²) in [5.41, 5.74) is 2.40. The fourth-order valence-electron chi connectivity index (χ4n) is 1.23. The molecule has 0 spiro atoms. The molecule has 0 saturated carbocycles. The van der Waals surface area contributed by atoms with Crippen LogP contribution in [-0.4, -0.2) is 18.7 Å². The highest BCUT2D eigenvalue weighted by molar-refractivity contribution is 7.11. The zero-order valence-corrected chi connectivity index (χ0v) is 10.4. The van der Waals surface area contributed by atoms with E-state index < -0.39 is 0 Å². The Bertz CT molecular complexity index is 509. The van der Waals surface area contributed by atoms with Crippen LogP contribution in [0.2, 0.25) is 0 Å². The lowest BCUT2D eigenvalue weighted by molar-refractivity contribution is -0.123. The van der Waals surface area contributed by atoms with E-state index in [-0.39, 0.29) is 12.5 Å². The molecular weight excluding hydrogens is 248 g/mol. The number of nitrogens with zero attached hydrogens (tertiary/aromatic N) is 1. The molecule has 5 heteroatoms. The molecule has 0 unspecified atom stereocenters. The summed E-state index contributed by atoms with van der Waals surface area (Å²) in [5.74, 6) is 0.376. The van der Waals surface area contributed by atoms with Crippen LogP contribution in [0.1, 0.15) is 4.88 Å². The van der Waals surface area contributed by atoms with Crippen molar-refractivity contribution < 1.29 is 9.53 Å². The second-order valence-corrected chi connectivity index (χ2v) is 4.39. The van der Waals surface area contributed by atoms with Gasteiger partial charge in [0, 0.05) is 4.88 Å². The van der Waals surface area contributed by atoms with Gasteiger partial charge in [0.25, 0.3) is 5.91 Å². The third kappa shape index (κ3) is 4.03. The van der Waals surface area contributed by atoms with Crippen molar-refractivity contribution in [1.29, 1.82) is 0 Å². The molecule has 4 nitrogen and oxygen atoms in total. The summed E-state index contributed by atoms with van der Waals surface area (Å²) in [7, 11) is 0. The summed E-state index contributed by atoms with van der Waals surface area (Å²) < 4.78 is 5.27. The monoisotopic (exact) mass is 260 g/mol. The third-order valence-corrected chi connectivity index (χ3v) is 2.84. The molecule has 0 fully saturated rings. The lowest BCUT2D eigenvalue weighted by Gasteiger charge is -2.03. The van der Waals surface area contributed by atoms with Crippen molar-refractivity contribution in [3.05, 3.63) is 52.7 Å². The Labute approximate surface area is 109 Å². The van der Waals surface area contributed by atoms with Crippen LogP contribution < -0.4 is 10.2 Å². The van der Waals surface area contributed by atoms with E-state index in [1.165, 1.54) is 0 Å². The van der Waals surface area contributed by atoms with Gasteiger partial charge in [-0.1, -0.05) is 24.3 Å². The van der Waals surface area contributed by atoms with Crippen LogP contribution in [0.4, 0.5) is 0 Å². The molecule has 2 aromatic rings. The second kappa shape index (κ2) is 6.56. The number of ether oxygens (including phenoxy) is 1. The lowest BCUT2D eigenvalue weighted by Crippen LogP contribution is -2.24. The quantitative estimate of drug-likeness (QED) is 0.662. The average Bonchev–Trinajstić information content (AvgIpc) is 2.91. The first-order valence-electron chi connectivity index (χ1n) is 5.38. The van der Waals surface area contributed by atoms with Gasteiger partial charge in [-0.25, -0.2) is 5.43 Å². The number of hydrogen-bond acceptors (Lipinski definition) is 4. The van der Waals surface area contributed by atoms with Gasteiger partial charge in [0.15, 0.2) is 6.61 Å². The molecule has 0 aliphatic heterocycles. The first-order valence-corrected chi connectivity index (χ1v) is 6.26. The molecule has 1 aromatic heterocycles. The van der Waals surface area contributed by atoms with Gasteiger partial charge in [-0.2, -0.15) is 5.10 Å². The molecule has 0 saturated heterocycles. The summed E-state index contributed by atoms with van der Waals surface area (Å²) in [6.45, 7) is -0.0498. The molecule has 1 heterocycles. The maximum absolute atomic E-state index is 11.4. The Kier molecular flexibility index (Phi) is 4.49. The van der Waals surface area contributed by atoms with Crippen LogP contribution in [-0.2, 0) is 4.79 Å². The molecule has 18 heavy (non-hydrogen) atoms. The highest BCUT2D eigenvalue weighted by Crippen LogP contribution is 2.07. The van der Waals surface area contributed by atoms with Crippen molar-refractivity contribution in [3.8, 4) is 5.75 Å². The van der Waals surface area contributed by atoms with E-state index in [9.17, 15) is 4.79 Å². The van der Waals surface area contributed by atoms with Crippen LogP contribution >= 0.6 is 11.3 Å². The standard InChI is InChI=1S/C13H12N2O2S/c16-13(10-17-11-5-2-1-3-6-11)15-14-9-12-7-4-8-18-12/h1-9H,10H2,(H,15,16)/b14-9-. The van der Waals surface area contributed by atoms with Gasteiger partial charge < -0.3 is 4.74 Å². The maximum atomic E-state index is 11.4. The fourth-order valence-corrected chi connectivity index (χ4v) is 1.82. The molecule has 0 aliphatic carbocycles. The molecular formula is C13H12N2O2S. The lowest BCUT2D eigenvalue weighted by atomic mass is 10.3. The van der Waals surface area contributed by atoms with Crippen molar-refractivity contribution in [1.82, 2.24) is 5.43 Å². The SMILES string of the molecule is O=C(COc1ccccc1)N/N=C\c1cccs1. The molecule has 1 N–H and O–H groups in total. The zero-order valence-electron chi connectivity index (χ0n) is 9.58. The Hall–Kier alpha value is -2.14. The van der Waals surface area contributed by atoms with Gasteiger partial charge >= 0.3 is 0 Å². The van der Waals surface area contributed by atoms with Gasteiger partial charge in [0.05, 0.1) is 6.21 Å². The van der Waals surface area contributed by atoms with Crippen LogP contribution in [0.15, 0.2) is 52.9 Å². The number of benzene rings is 1. The number of thiophene rings is 1. The van der Waals surface area contributed by atoms with Crippen LogP contribution in [0.5, 0.6) is 5.75 Å². The number of para-hydroxylation sites is 1. The van der Waals surface area contributed by atoms with Gasteiger partial charge in [-0.15, -0.1) is 11.3 Å². The Balaban J connectivity index is 1.73. The Morgan fingerprint density at radius 3 is 2.83 bits per heavy atom. The Morgan fingerprint density at radius 2 is 2.11 bits per heavy atom. The van der Waals surface area contributed by atoms with E-state index >= 15 is 0 Å². The summed E-state index contributed by atoms with van der Waals surface area (Å²) >= 11 is 1.55. The first kappa shape index (κ1) is 12.3. The number of carbonyl (C=O) groups excluding carboxylic acids is 1. The molecule has 0 atom stereocenters. The van der Waals surface area contributed by atoms with Crippen molar-refractivity contribution in [2.75, 3.05) is 6.61 Å². The summed E-state index contributed by atoms with van der Waals surface area (Å²) in [6.07, 6.45) is 1.60. The number of rotatable bonds is 5. The van der Waals surface area contributed by atoms with Gasteiger partial charge in [-0.3, -0.25) is 4.79 Å². The smallest absolute Gasteiger partial charge is 0.277 e. The third-order valence-electron chi connectivity index (χ3n) is 2.04.